The van der Waals surface area contributed by atoms with Crippen LogP contribution in [0.5, 0.6) is 0 Å². The Kier molecular flexibility index (Phi) is 4.18. The van der Waals surface area contributed by atoms with E-state index < -0.39 is 0 Å². The van der Waals surface area contributed by atoms with Gasteiger partial charge in [-0.1, -0.05) is 6.42 Å². The predicted octanol–water partition coefficient (Wildman–Crippen LogP) is 1.08. The summed E-state index contributed by atoms with van der Waals surface area (Å²) >= 11 is 0. The average Bonchev–Trinajstić information content (AvgIpc) is 3.25. The van der Waals surface area contributed by atoms with E-state index in [0.29, 0.717) is 6.54 Å². The molecule has 1 aliphatic heterocycles. The molecule has 0 amide bonds. The van der Waals surface area contributed by atoms with Gasteiger partial charge in [0.25, 0.3) is 0 Å². The lowest BCUT2D eigenvalue weighted by Crippen LogP contribution is -2.38. The summed E-state index contributed by atoms with van der Waals surface area (Å²) in [5.41, 5.74) is 0. The molecule has 2 heterocycles. The quantitative estimate of drug-likeness (QED) is 0.638. The zero-order valence-corrected chi connectivity index (χ0v) is 12.2. The second kappa shape index (κ2) is 6.24. The van der Waals surface area contributed by atoms with Crippen molar-refractivity contribution in [3.05, 3.63) is 11.6 Å². The monoisotopic (exact) mass is 276 g/mol. The summed E-state index contributed by atoms with van der Waals surface area (Å²) in [4.78, 5) is 4.25. The van der Waals surface area contributed by atoms with E-state index in [2.05, 4.69) is 30.4 Å². The van der Waals surface area contributed by atoms with Gasteiger partial charge in [-0.05, 0) is 31.6 Å². The third-order valence-corrected chi connectivity index (χ3v) is 4.08. The first kappa shape index (κ1) is 13.4. The van der Waals surface area contributed by atoms with Crippen LogP contribution in [-0.4, -0.2) is 34.3 Å². The number of rotatable bonds is 4. The van der Waals surface area contributed by atoms with Crippen LogP contribution in [0.4, 0.5) is 0 Å². The molecule has 6 nitrogen and oxygen atoms in total. The standard InChI is InChI=1S/C14H24N6/c1-15-14(16-9-11-6-7-11)17-10-13-19-18-12-5-3-2-4-8-20(12)13/h11H,2-10H2,1H3,(H2,15,16,17). The minimum absolute atomic E-state index is 0.692. The van der Waals surface area contributed by atoms with Crippen LogP contribution in [0.3, 0.4) is 0 Å². The van der Waals surface area contributed by atoms with E-state index in [4.69, 9.17) is 0 Å². The van der Waals surface area contributed by atoms with Crippen LogP contribution in [0.25, 0.3) is 0 Å². The first-order valence-corrected chi connectivity index (χ1v) is 7.72. The van der Waals surface area contributed by atoms with Crippen molar-refractivity contribution in [3.63, 3.8) is 0 Å². The van der Waals surface area contributed by atoms with E-state index >= 15 is 0 Å². The topological polar surface area (TPSA) is 67.1 Å². The molecule has 0 radical (unpaired) electrons. The highest BCUT2D eigenvalue weighted by Gasteiger charge is 2.21. The molecule has 3 rings (SSSR count). The van der Waals surface area contributed by atoms with E-state index in [9.17, 15) is 0 Å². The fourth-order valence-electron chi connectivity index (χ4n) is 2.62. The minimum Gasteiger partial charge on any atom is -0.356 e. The van der Waals surface area contributed by atoms with E-state index in [1.807, 2.05) is 7.05 Å². The normalized spacial score (nSPS) is 19.4. The number of nitrogens with zero attached hydrogens (tertiary/aromatic N) is 4. The van der Waals surface area contributed by atoms with Crippen molar-refractivity contribution in [1.29, 1.82) is 0 Å². The van der Waals surface area contributed by atoms with Crippen LogP contribution >= 0.6 is 0 Å². The van der Waals surface area contributed by atoms with Crippen LogP contribution in [0, 0.1) is 5.92 Å². The number of hydrogen-bond donors (Lipinski definition) is 2. The van der Waals surface area contributed by atoms with Gasteiger partial charge < -0.3 is 15.2 Å². The first-order valence-electron chi connectivity index (χ1n) is 7.72. The van der Waals surface area contributed by atoms with Crippen molar-refractivity contribution in [2.24, 2.45) is 10.9 Å². The molecule has 1 aliphatic carbocycles. The van der Waals surface area contributed by atoms with E-state index in [1.165, 1.54) is 32.1 Å². The number of hydrogen-bond acceptors (Lipinski definition) is 3. The number of fused-ring (bicyclic) bond motifs is 1. The molecule has 0 bridgehead atoms. The molecule has 6 heteroatoms. The fourth-order valence-corrected chi connectivity index (χ4v) is 2.62. The second-order valence-electron chi connectivity index (χ2n) is 5.74. The predicted molar refractivity (Wildman–Crippen MR) is 78.5 cm³/mol. The average molecular weight is 276 g/mol. The van der Waals surface area contributed by atoms with Crippen molar-refractivity contribution in [2.45, 2.75) is 51.6 Å². The molecular weight excluding hydrogens is 252 g/mol. The Morgan fingerprint density at radius 3 is 2.95 bits per heavy atom. The Bertz CT molecular complexity index is 474. The Morgan fingerprint density at radius 2 is 2.15 bits per heavy atom. The summed E-state index contributed by atoms with van der Waals surface area (Å²) in [5.74, 6) is 3.87. The molecule has 20 heavy (non-hydrogen) atoms. The summed E-state index contributed by atoms with van der Waals surface area (Å²) in [6.07, 6.45) is 7.51. The van der Waals surface area contributed by atoms with Gasteiger partial charge >= 0.3 is 0 Å². The van der Waals surface area contributed by atoms with Gasteiger partial charge in [-0.15, -0.1) is 10.2 Å². The molecule has 1 fully saturated rings. The van der Waals surface area contributed by atoms with Gasteiger partial charge in [-0.2, -0.15) is 0 Å². The summed E-state index contributed by atoms with van der Waals surface area (Å²) in [5, 5.41) is 15.3. The van der Waals surface area contributed by atoms with E-state index in [0.717, 1.165) is 43.0 Å². The number of aryl methyl sites for hydroxylation is 1. The molecule has 2 N–H and O–H groups in total. The molecule has 1 saturated carbocycles. The van der Waals surface area contributed by atoms with Crippen LogP contribution < -0.4 is 10.6 Å². The van der Waals surface area contributed by atoms with Gasteiger partial charge in [-0.25, -0.2) is 0 Å². The molecular formula is C14H24N6. The van der Waals surface area contributed by atoms with Crippen LogP contribution in [-0.2, 0) is 19.5 Å². The first-order chi connectivity index (χ1) is 9.86. The number of nitrogens with one attached hydrogen (secondary N) is 2. The van der Waals surface area contributed by atoms with Crippen molar-refractivity contribution < 1.29 is 0 Å². The largest absolute Gasteiger partial charge is 0.356 e. The molecule has 0 atom stereocenters. The highest BCUT2D eigenvalue weighted by Crippen LogP contribution is 2.27. The number of aliphatic imine (C=N–C) groups is 1. The lowest BCUT2D eigenvalue weighted by atomic mass is 10.2. The number of guanidine groups is 1. The molecule has 0 unspecified atom stereocenters. The maximum absolute atomic E-state index is 4.32. The van der Waals surface area contributed by atoms with Crippen molar-refractivity contribution in [1.82, 2.24) is 25.4 Å². The van der Waals surface area contributed by atoms with Crippen molar-refractivity contribution in [2.75, 3.05) is 13.6 Å². The Morgan fingerprint density at radius 1 is 1.25 bits per heavy atom. The van der Waals surface area contributed by atoms with Gasteiger partial charge in [0.05, 0.1) is 6.54 Å². The fraction of sp³-hybridized carbons (Fsp3) is 0.786. The Hall–Kier alpha value is -1.59. The molecule has 110 valence electrons. The lowest BCUT2D eigenvalue weighted by molar-refractivity contribution is 0.596. The minimum atomic E-state index is 0.692. The molecule has 0 saturated heterocycles. The van der Waals surface area contributed by atoms with Crippen molar-refractivity contribution in [3.8, 4) is 0 Å². The highest BCUT2D eigenvalue weighted by atomic mass is 15.3. The van der Waals surface area contributed by atoms with E-state index in [1.54, 1.807) is 0 Å². The van der Waals surface area contributed by atoms with Crippen LogP contribution in [0.1, 0.15) is 43.8 Å². The lowest BCUT2D eigenvalue weighted by Gasteiger charge is -2.12. The van der Waals surface area contributed by atoms with Gasteiger partial charge in [0.1, 0.15) is 5.82 Å². The summed E-state index contributed by atoms with van der Waals surface area (Å²) in [6, 6.07) is 0. The molecule has 1 aromatic rings. The van der Waals surface area contributed by atoms with Crippen molar-refractivity contribution >= 4 is 5.96 Å². The smallest absolute Gasteiger partial charge is 0.191 e. The summed E-state index contributed by atoms with van der Waals surface area (Å²) < 4.78 is 2.27. The summed E-state index contributed by atoms with van der Waals surface area (Å²) in [6.45, 7) is 2.77. The third kappa shape index (κ3) is 3.29. The van der Waals surface area contributed by atoms with Crippen LogP contribution in [0.15, 0.2) is 4.99 Å². The highest BCUT2D eigenvalue weighted by molar-refractivity contribution is 5.79. The van der Waals surface area contributed by atoms with Crippen LogP contribution in [0.2, 0.25) is 0 Å². The number of aromatic nitrogens is 3. The SMILES string of the molecule is CN=C(NCc1nnc2n1CCCCC2)NCC1CC1. The molecule has 1 aromatic heterocycles. The van der Waals surface area contributed by atoms with Gasteiger partial charge in [-0.3, -0.25) is 4.99 Å². The Balaban J connectivity index is 1.55. The van der Waals surface area contributed by atoms with Gasteiger partial charge in [0, 0.05) is 26.6 Å². The van der Waals surface area contributed by atoms with E-state index in [-0.39, 0.29) is 0 Å². The molecule has 2 aliphatic rings. The zero-order chi connectivity index (χ0) is 13.8. The molecule has 0 spiro atoms. The van der Waals surface area contributed by atoms with Gasteiger partial charge in [0.2, 0.25) is 0 Å². The summed E-state index contributed by atoms with van der Waals surface area (Å²) in [7, 11) is 1.81. The zero-order valence-electron chi connectivity index (χ0n) is 12.2. The Labute approximate surface area is 120 Å². The maximum atomic E-state index is 4.32. The second-order valence-corrected chi connectivity index (χ2v) is 5.74. The third-order valence-electron chi connectivity index (χ3n) is 4.08. The molecule has 0 aromatic carbocycles. The maximum Gasteiger partial charge on any atom is 0.191 e. The van der Waals surface area contributed by atoms with Gasteiger partial charge in [0.15, 0.2) is 11.8 Å².